The molecule has 1 N–H and O–H groups in total. The first kappa shape index (κ1) is 17.0. The summed E-state index contributed by atoms with van der Waals surface area (Å²) in [5, 5.41) is 2.98. The van der Waals surface area contributed by atoms with Crippen molar-refractivity contribution < 1.29 is 4.79 Å². The number of nitrogens with one attached hydrogen (secondary N) is 1. The predicted octanol–water partition coefficient (Wildman–Crippen LogP) is 4.40. The summed E-state index contributed by atoms with van der Waals surface area (Å²) >= 11 is 0. The molecule has 4 nitrogen and oxygen atoms in total. The number of imidazole rings is 1. The zero-order chi connectivity index (χ0) is 18.0. The number of fused-ring (bicyclic) bond motifs is 1. The number of hydrogen-bond acceptors (Lipinski definition) is 2. The molecule has 0 bridgehead atoms. The van der Waals surface area contributed by atoms with Gasteiger partial charge in [-0.15, -0.1) is 0 Å². The lowest BCUT2D eigenvalue weighted by atomic mass is 10.1. The smallest absolute Gasteiger partial charge is 0.246 e. The molecule has 0 radical (unpaired) electrons. The van der Waals surface area contributed by atoms with Crippen molar-refractivity contribution in [2.75, 3.05) is 0 Å². The highest BCUT2D eigenvalue weighted by atomic mass is 16.1. The summed E-state index contributed by atoms with van der Waals surface area (Å²) < 4.78 is 2.20. The predicted molar refractivity (Wildman–Crippen MR) is 101 cm³/mol. The molecule has 2 aromatic carbocycles. The van der Waals surface area contributed by atoms with Crippen LogP contribution < -0.4 is 5.32 Å². The number of carbonyl (C=O) groups is 1. The van der Waals surface area contributed by atoms with E-state index in [2.05, 4.69) is 41.6 Å². The Labute approximate surface area is 148 Å². The van der Waals surface area contributed by atoms with Crippen LogP contribution in [0.2, 0.25) is 0 Å². The van der Waals surface area contributed by atoms with Gasteiger partial charge in [0.25, 0.3) is 0 Å². The zero-order valence-electron chi connectivity index (χ0n) is 14.9. The Kier molecular flexibility index (Phi) is 4.70. The van der Waals surface area contributed by atoms with Gasteiger partial charge in [-0.2, -0.15) is 0 Å². The molecule has 2 atom stereocenters. The number of benzene rings is 2. The van der Waals surface area contributed by atoms with Gasteiger partial charge in [0.2, 0.25) is 5.91 Å². The molecule has 3 aromatic rings. The molecule has 0 aliphatic carbocycles. The normalized spacial score (nSPS) is 13.4. The van der Waals surface area contributed by atoms with Gasteiger partial charge >= 0.3 is 0 Å². The third kappa shape index (κ3) is 3.33. The van der Waals surface area contributed by atoms with Crippen LogP contribution in [0.5, 0.6) is 0 Å². The number of aromatic nitrogens is 2. The van der Waals surface area contributed by atoms with E-state index < -0.39 is 0 Å². The van der Waals surface area contributed by atoms with Gasteiger partial charge in [0.15, 0.2) is 0 Å². The maximum atomic E-state index is 12.0. The zero-order valence-corrected chi connectivity index (χ0v) is 14.9. The summed E-state index contributed by atoms with van der Waals surface area (Å²) in [5.41, 5.74) is 3.68. The van der Waals surface area contributed by atoms with Gasteiger partial charge in [-0.1, -0.05) is 49.0 Å². The first-order valence-electron chi connectivity index (χ1n) is 8.47. The van der Waals surface area contributed by atoms with Crippen molar-refractivity contribution in [3.8, 4) is 0 Å². The number of hydrogen-bond donors (Lipinski definition) is 1. The molecule has 4 heteroatoms. The van der Waals surface area contributed by atoms with E-state index in [4.69, 9.17) is 4.98 Å². The lowest BCUT2D eigenvalue weighted by molar-refractivity contribution is -0.118. The van der Waals surface area contributed by atoms with Crippen molar-refractivity contribution in [1.82, 2.24) is 14.9 Å². The SMILES string of the molecule is C=C(C)C(=O)NC(C)c1nc2ccccc2n1C(C)c1ccccc1. The van der Waals surface area contributed by atoms with E-state index in [1.807, 2.05) is 43.3 Å². The molecule has 0 spiro atoms. The van der Waals surface area contributed by atoms with E-state index in [0.717, 1.165) is 16.9 Å². The standard InChI is InChI=1S/C21H23N3O/c1-14(2)21(25)22-15(3)20-23-18-12-8-9-13-19(18)24(20)16(4)17-10-6-5-7-11-17/h5-13,15-16H,1H2,2-4H3,(H,22,25). The number of nitrogens with zero attached hydrogens (tertiary/aromatic N) is 2. The molecular weight excluding hydrogens is 310 g/mol. The van der Waals surface area contributed by atoms with Crippen molar-refractivity contribution in [2.24, 2.45) is 0 Å². The number of carbonyl (C=O) groups excluding carboxylic acids is 1. The molecule has 3 rings (SSSR count). The fourth-order valence-electron chi connectivity index (χ4n) is 3.04. The Morgan fingerprint density at radius 2 is 1.72 bits per heavy atom. The van der Waals surface area contributed by atoms with Crippen LogP contribution in [0.4, 0.5) is 0 Å². The summed E-state index contributed by atoms with van der Waals surface area (Å²) in [6, 6.07) is 18.3. The molecule has 0 saturated heterocycles. The summed E-state index contributed by atoms with van der Waals surface area (Å²) in [5.74, 6) is 0.686. The van der Waals surface area contributed by atoms with Gasteiger partial charge in [-0.3, -0.25) is 4.79 Å². The van der Waals surface area contributed by atoms with E-state index in [1.54, 1.807) is 6.92 Å². The van der Waals surface area contributed by atoms with Crippen molar-refractivity contribution in [2.45, 2.75) is 32.9 Å². The van der Waals surface area contributed by atoms with Crippen molar-refractivity contribution >= 4 is 16.9 Å². The summed E-state index contributed by atoms with van der Waals surface area (Å²) in [6.07, 6.45) is 0. The Morgan fingerprint density at radius 1 is 1.08 bits per heavy atom. The fraction of sp³-hybridized carbons (Fsp3) is 0.238. The molecular formula is C21H23N3O. The molecule has 1 heterocycles. The number of para-hydroxylation sites is 2. The maximum absolute atomic E-state index is 12.0. The lowest BCUT2D eigenvalue weighted by Gasteiger charge is -2.22. The van der Waals surface area contributed by atoms with E-state index in [-0.39, 0.29) is 18.0 Å². The largest absolute Gasteiger partial charge is 0.343 e. The second kappa shape index (κ2) is 6.93. The van der Waals surface area contributed by atoms with Crippen molar-refractivity contribution in [1.29, 1.82) is 0 Å². The first-order valence-corrected chi connectivity index (χ1v) is 8.47. The number of amides is 1. The van der Waals surface area contributed by atoms with Gasteiger partial charge in [0.05, 0.1) is 23.1 Å². The first-order chi connectivity index (χ1) is 12.0. The third-order valence-corrected chi connectivity index (χ3v) is 4.41. The van der Waals surface area contributed by atoms with Crippen LogP contribution in [-0.2, 0) is 4.79 Å². The molecule has 0 saturated carbocycles. The summed E-state index contributed by atoms with van der Waals surface area (Å²) in [6.45, 7) is 9.52. The molecule has 1 amide bonds. The second-order valence-corrected chi connectivity index (χ2v) is 6.39. The lowest BCUT2D eigenvalue weighted by Crippen LogP contribution is -2.29. The van der Waals surface area contributed by atoms with Gasteiger partial charge in [-0.25, -0.2) is 4.98 Å². The molecule has 0 aliphatic rings. The fourth-order valence-corrected chi connectivity index (χ4v) is 3.04. The van der Waals surface area contributed by atoms with Crippen LogP contribution in [0.15, 0.2) is 66.7 Å². The highest BCUT2D eigenvalue weighted by molar-refractivity contribution is 5.92. The topological polar surface area (TPSA) is 46.9 Å². The summed E-state index contributed by atoms with van der Waals surface area (Å²) in [4.78, 5) is 16.8. The monoisotopic (exact) mass is 333 g/mol. The molecule has 128 valence electrons. The van der Waals surface area contributed by atoms with Crippen LogP contribution >= 0.6 is 0 Å². The Balaban J connectivity index is 2.09. The van der Waals surface area contributed by atoms with Crippen LogP contribution in [0.3, 0.4) is 0 Å². The van der Waals surface area contributed by atoms with Crippen LogP contribution in [0, 0.1) is 0 Å². The molecule has 0 aliphatic heterocycles. The average Bonchev–Trinajstić information content (AvgIpc) is 3.01. The maximum Gasteiger partial charge on any atom is 0.246 e. The van der Waals surface area contributed by atoms with E-state index in [9.17, 15) is 4.79 Å². The minimum Gasteiger partial charge on any atom is -0.343 e. The molecule has 1 aromatic heterocycles. The van der Waals surface area contributed by atoms with Crippen molar-refractivity contribution in [3.63, 3.8) is 0 Å². The van der Waals surface area contributed by atoms with Gasteiger partial charge in [0.1, 0.15) is 5.82 Å². The van der Waals surface area contributed by atoms with Gasteiger partial charge < -0.3 is 9.88 Å². The van der Waals surface area contributed by atoms with Gasteiger partial charge in [0, 0.05) is 5.57 Å². The Bertz CT molecular complexity index is 911. The second-order valence-electron chi connectivity index (χ2n) is 6.39. The third-order valence-electron chi connectivity index (χ3n) is 4.41. The van der Waals surface area contributed by atoms with Crippen LogP contribution in [-0.4, -0.2) is 15.5 Å². The van der Waals surface area contributed by atoms with Crippen molar-refractivity contribution in [3.05, 3.63) is 78.1 Å². The Morgan fingerprint density at radius 3 is 2.40 bits per heavy atom. The average molecular weight is 333 g/mol. The molecule has 25 heavy (non-hydrogen) atoms. The van der Waals surface area contributed by atoms with E-state index in [1.165, 1.54) is 5.56 Å². The molecule has 2 unspecified atom stereocenters. The van der Waals surface area contributed by atoms with E-state index >= 15 is 0 Å². The minimum absolute atomic E-state index is 0.104. The number of rotatable bonds is 5. The van der Waals surface area contributed by atoms with E-state index in [0.29, 0.717) is 5.57 Å². The minimum atomic E-state index is -0.220. The van der Waals surface area contributed by atoms with Crippen LogP contribution in [0.25, 0.3) is 11.0 Å². The van der Waals surface area contributed by atoms with Crippen LogP contribution in [0.1, 0.15) is 44.2 Å². The summed E-state index contributed by atoms with van der Waals surface area (Å²) in [7, 11) is 0. The Hall–Kier alpha value is -2.88. The molecule has 0 fully saturated rings. The quantitative estimate of drug-likeness (QED) is 0.704. The highest BCUT2D eigenvalue weighted by Gasteiger charge is 2.22. The highest BCUT2D eigenvalue weighted by Crippen LogP contribution is 2.28. The van der Waals surface area contributed by atoms with Gasteiger partial charge in [-0.05, 0) is 38.5 Å².